The van der Waals surface area contributed by atoms with Gasteiger partial charge in [-0.1, -0.05) is 6.07 Å². The minimum Gasteiger partial charge on any atom is -0.380 e. The molecule has 1 amide bonds. The van der Waals surface area contributed by atoms with Crippen LogP contribution < -0.4 is 0 Å². The van der Waals surface area contributed by atoms with Gasteiger partial charge in [0.15, 0.2) is 0 Å². The summed E-state index contributed by atoms with van der Waals surface area (Å²) in [7, 11) is 0. The van der Waals surface area contributed by atoms with Crippen molar-refractivity contribution in [2.24, 2.45) is 0 Å². The Morgan fingerprint density at radius 1 is 1.42 bits per heavy atom. The van der Waals surface area contributed by atoms with E-state index in [1.54, 1.807) is 17.2 Å². The van der Waals surface area contributed by atoms with Gasteiger partial charge < -0.3 is 9.64 Å². The molecule has 0 unspecified atom stereocenters. The van der Waals surface area contributed by atoms with Crippen LogP contribution in [0.2, 0.25) is 0 Å². The lowest BCUT2D eigenvalue weighted by Gasteiger charge is -2.45. The van der Waals surface area contributed by atoms with Crippen LogP contribution in [-0.2, 0) is 4.74 Å². The predicted octanol–water partition coefficient (Wildman–Crippen LogP) is 1.96. The molecule has 0 N–H and O–H groups in total. The number of carbonyl (C=O) groups is 1. The van der Waals surface area contributed by atoms with Crippen LogP contribution in [0.5, 0.6) is 0 Å². The SMILES string of the molecule is CCOC[C@@H]1CC(F)(F)CN1C1CN(C(=O)c2ccc(C)cn2)C1. The van der Waals surface area contributed by atoms with E-state index >= 15 is 0 Å². The van der Waals surface area contributed by atoms with Crippen molar-refractivity contribution in [1.29, 1.82) is 0 Å². The Morgan fingerprint density at radius 2 is 2.17 bits per heavy atom. The number of hydrogen-bond acceptors (Lipinski definition) is 4. The summed E-state index contributed by atoms with van der Waals surface area (Å²) in [6.07, 6.45) is 1.49. The monoisotopic (exact) mass is 339 g/mol. The number of alkyl halides is 2. The summed E-state index contributed by atoms with van der Waals surface area (Å²) >= 11 is 0. The van der Waals surface area contributed by atoms with Crippen LogP contribution in [0, 0.1) is 6.92 Å². The Labute approximate surface area is 140 Å². The first-order chi connectivity index (χ1) is 11.4. The highest BCUT2D eigenvalue weighted by molar-refractivity contribution is 5.92. The summed E-state index contributed by atoms with van der Waals surface area (Å²) in [5.41, 5.74) is 1.39. The Kier molecular flexibility index (Phi) is 4.83. The molecule has 1 aromatic rings. The molecule has 3 heterocycles. The number of halogens is 2. The lowest BCUT2D eigenvalue weighted by Crippen LogP contribution is -2.62. The highest BCUT2D eigenvalue weighted by Crippen LogP contribution is 2.35. The first-order valence-corrected chi connectivity index (χ1v) is 8.33. The zero-order chi connectivity index (χ0) is 17.3. The minimum atomic E-state index is -2.68. The molecule has 5 nitrogen and oxygen atoms in total. The van der Waals surface area contributed by atoms with E-state index in [-0.39, 0.29) is 31.0 Å². The number of ether oxygens (including phenoxy) is 1. The molecule has 0 radical (unpaired) electrons. The number of aromatic nitrogens is 1. The van der Waals surface area contributed by atoms with Crippen LogP contribution in [0.1, 0.15) is 29.4 Å². The average molecular weight is 339 g/mol. The van der Waals surface area contributed by atoms with E-state index in [1.807, 2.05) is 24.8 Å². The van der Waals surface area contributed by atoms with Gasteiger partial charge in [0.25, 0.3) is 11.8 Å². The first-order valence-electron chi connectivity index (χ1n) is 8.33. The third-order valence-electron chi connectivity index (χ3n) is 4.68. The maximum absolute atomic E-state index is 13.8. The molecule has 24 heavy (non-hydrogen) atoms. The van der Waals surface area contributed by atoms with Crippen LogP contribution >= 0.6 is 0 Å². The lowest BCUT2D eigenvalue weighted by molar-refractivity contribution is -0.0150. The number of aryl methyl sites for hydroxylation is 1. The van der Waals surface area contributed by atoms with Crippen molar-refractivity contribution in [3.63, 3.8) is 0 Å². The molecule has 2 aliphatic rings. The zero-order valence-electron chi connectivity index (χ0n) is 14.0. The quantitative estimate of drug-likeness (QED) is 0.823. The number of rotatable bonds is 5. The van der Waals surface area contributed by atoms with E-state index in [4.69, 9.17) is 4.74 Å². The largest absolute Gasteiger partial charge is 0.380 e. The van der Waals surface area contributed by atoms with Crippen molar-refractivity contribution in [2.75, 3.05) is 32.8 Å². The van der Waals surface area contributed by atoms with Gasteiger partial charge in [-0.05, 0) is 25.5 Å². The number of pyridine rings is 1. The van der Waals surface area contributed by atoms with Crippen molar-refractivity contribution >= 4 is 5.91 Å². The molecule has 2 aliphatic heterocycles. The Bertz CT molecular complexity index is 588. The molecule has 7 heteroatoms. The average Bonchev–Trinajstić information content (AvgIpc) is 2.79. The molecule has 2 saturated heterocycles. The van der Waals surface area contributed by atoms with Crippen LogP contribution in [-0.4, -0.2) is 71.5 Å². The standard InChI is InChI=1S/C17H23F2N3O2/c1-3-24-10-13-6-17(18,19)11-22(13)14-8-21(9-14)16(23)15-5-4-12(2)7-20-15/h4-5,7,13-14H,3,6,8-11H2,1-2H3/t13-/m0/s1. The van der Waals surface area contributed by atoms with Crippen molar-refractivity contribution in [3.8, 4) is 0 Å². The second-order valence-electron chi connectivity index (χ2n) is 6.63. The third-order valence-corrected chi connectivity index (χ3v) is 4.68. The van der Waals surface area contributed by atoms with Crippen LogP contribution in [0.4, 0.5) is 8.78 Å². The highest BCUT2D eigenvalue weighted by Gasteiger charge is 2.50. The maximum Gasteiger partial charge on any atom is 0.272 e. The molecule has 1 atom stereocenters. The van der Waals surface area contributed by atoms with Gasteiger partial charge >= 0.3 is 0 Å². The van der Waals surface area contributed by atoms with E-state index in [1.165, 1.54) is 0 Å². The number of amides is 1. The smallest absolute Gasteiger partial charge is 0.272 e. The van der Waals surface area contributed by atoms with Gasteiger partial charge in [0.1, 0.15) is 5.69 Å². The Balaban J connectivity index is 1.58. The summed E-state index contributed by atoms with van der Waals surface area (Å²) in [6, 6.07) is 3.24. The zero-order valence-corrected chi connectivity index (χ0v) is 14.0. The number of hydrogen-bond donors (Lipinski definition) is 0. The third kappa shape index (κ3) is 3.57. The van der Waals surface area contributed by atoms with Gasteiger partial charge in [0.05, 0.1) is 13.2 Å². The molecule has 132 valence electrons. The van der Waals surface area contributed by atoms with Gasteiger partial charge in [0.2, 0.25) is 0 Å². The predicted molar refractivity (Wildman–Crippen MR) is 85.2 cm³/mol. The van der Waals surface area contributed by atoms with Crippen molar-refractivity contribution in [3.05, 3.63) is 29.6 Å². The summed E-state index contributed by atoms with van der Waals surface area (Å²) in [6.45, 7) is 5.28. The Morgan fingerprint density at radius 3 is 2.79 bits per heavy atom. The summed E-state index contributed by atoms with van der Waals surface area (Å²) in [4.78, 5) is 20.0. The summed E-state index contributed by atoms with van der Waals surface area (Å²) < 4.78 is 32.9. The Hall–Kier alpha value is -1.60. The second kappa shape index (κ2) is 6.72. The lowest BCUT2D eigenvalue weighted by atomic mass is 10.0. The van der Waals surface area contributed by atoms with E-state index in [0.29, 0.717) is 32.0 Å². The minimum absolute atomic E-state index is 0.0294. The molecular weight excluding hydrogens is 316 g/mol. The number of carbonyl (C=O) groups excluding carboxylic acids is 1. The molecule has 3 rings (SSSR count). The molecular formula is C17H23F2N3O2. The number of likely N-dealkylation sites (tertiary alicyclic amines) is 2. The fourth-order valence-electron chi connectivity index (χ4n) is 3.35. The molecule has 2 fully saturated rings. The molecule has 1 aromatic heterocycles. The van der Waals surface area contributed by atoms with Crippen molar-refractivity contribution in [2.45, 2.75) is 38.3 Å². The van der Waals surface area contributed by atoms with Crippen molar-refractivity contribution in [1.82, 2.24) is 14.8 Å². The molecule has 0 aliphatic carbocycles. The number of nitrogens with zero attached hydrogens (tertiary/aromatic N) is 3. The van der Waals surface area contributed by atoms with Gasteiger partial charge in [0, 0.05) is 44.4 Å². The highest BCUT2D eigenvalue weighted by atomic mass is 19.3. The van der Waals surface area contributed by atoms with Gasteiger partial charge in [-0.15, -0.1) is 0 Å². The van der Waals surface area contributed by atoms with E-state index < -0.39 is 5.92 Å². The molecule has 0 aromatic carbocycles. The first kappa shape index (κ1) is 17.2. The summed E-state index contributed by atoms with van der Waals surface area (Å²) in [5, 5.41) is 0. The van der Waals surface area contributed by atoms with E-state index in [2.05, 4.69) is 4.98 Å². The summed E-state index contributed by atoms with van der Waals surface area (Å²) in [5.74, 6) is -2.82. The fraction of sp³-hybridized carbons (Fsp3) is 0.647. The van der Waals surface area contributed by atoms with Gasteiger partial charge in [-0.3, -0.25) is 14.7 Å². The fourth-order valence-corrected chi connectivity index (χ4v) is 3.35. The van der Waals surface area contributed by atoms with E-state index in [9.17, 15) is 13.6 Å². The topological polar surface area (TPSA) is 45.7 Å². The van der Waals surface area contributed by atoms with Crippen molar-refractivity contribution < 1.29 is 18.3 Å². The maximum atomic E-state index is 13.8. The normalized spacial score (nSPS) is 24.2. The van der Waals surface area contributed by atoms with Gasteiger partial charge in [-0.2, -0.15) is 0 Å². The molecule has 0 saturated carbocycles. The van der Waals surface area contributed by atoms with Crippen LogP contribution in [0.3, 0.4) is 0 Å². The van der Waals surface area contributed by atoms with Crippen LogP contribution in [0.15, 0.2) is 18.3 Å². The molecule has 0 spiro atoms. The van der Waals surface area contributed by atoms with E-state index in [0.717, 1.165) is 5.56 Å². The van der Waals surface area contributed by atoms with Gasteiger partial charge in [-0.25, -0.2) is 8.78 Å². The molecule has 0 bridgehead atoms. The van der Waals surface area contributed by atoms with Crippen LogP contribution in [0.25, 0.3) is 0 Å². The second-order valence-corrected chi connectivity index (χ2v) is 6.63.